The SMILES string of the molecule is Nc1cc(NC(=O)c2cc(C(F)(F)F)ccn2)ccc1F. The number of hydrogen-bond donors (Lipinski definition) is 2. The molecule has 0 aliphatic heterocycles. The van der Waals surface area contributed by atoms with E-state index in [1.54, 1.807) is 0 Å². The average molecular weight is 299 g/mol. The fraction of sp³-hybridized carbons (Fsp3) is 0.0769. The van der Waals surface area contributed by atoms with Crippen LogP contribution in [0.1, 0.15) is 16.1 Å². The van der Waals surface area contributed by atoms with Crippen LogP contribution in [0.2, 0.25) is 0 Å². The van der Waals surface area contributed by atoms with Crippen molar-refractivity contribution in [2.45, 2.75) is 6.18 Å². The third kappa shape index (κ3) is 3.47. The van der Waals surface area contributed by atoms with Crippen molar-refractivity contribution in [3.05, 3.63) is 53.6 Å². The van der Waals surface area contributed by atoms with Crippen molar-refractivity contribution < 1.29 is 22.4 Å². The van der Waals surface area contributed by atoms with Gasteiger partial charge in [0.15, 0.2) is 0 Å². The van der Waals surface area contributed by atoms with Gasteiger partial charge in [0, 0.05) is 11.9 Å². The Balaban J connectivity index is 2.22. The molecule has 0 saturated heterocycles. The molecule has 2 rings (SSSR count). The molecule has 1 aromatic carbocycles. The molecule has 0 saturated carbocycles. The first-order valence-corrected chi connectivity index (χ1v) is 5.67. The van der Waals surface area contributed by atoms with Crippen LogP contribution in [0.3, 0.4) is 0 Å². The van der Waals surface area contributed by atoms with Gasteiger partial charge in [0.05, 0.1) is 11.3 Å². The Morgan fingerprint density at radius 2 is 1.90 bits per heavy atom. The first kappa shape index (κ1) is 14.8. The van der Waals surface area contributed by atoms with Crippen molar-refractivity contribution in [3.63, 3.8) is 0 Å². The van der Waals surface area contributed by atoms with E-state index in [0.717, 1.165) is 24.4 Å². The summed E-state index contributed by atoms with van der Waals surface area (Å²) < 4.78 is 50.6. The third-order valence-electron chi connectivity index (χ3n) is 2.57. The number of carbonyl (C=O) groups excluding carboxylic acids is 1. The maximum atomic E-state index is 13.0. The van der Waals surface area contributed by atoms with Gasteiger partial charge in [0.1, 0.15) is 11.5 Å². The molecule has 2 aromatic rings. The van der Waals surface area contributed by atoms with Crippen molar-refractivity contribution in [3.8, 4) is 0 Å². The lowest BCUT2D eigenvalue weighted by Gasteiger charge is -2.09. The summed E-state index contributed by atoms with van der Waals surface area (Å²) in [7, 11) is 0. The second-order valence-electron chi connectivity index (χ2n) is 4.12. The first-order chi connectivity index (χ1) is 9.77. The molecule has 1 amide bonds. The zero-order chi connectivity index (χ0) is 15.6. The molecule has 0 unspecified atom stereocenters. The molecule has 3 N–H and O–H groups in total. The van der Waals surface area contributed by atoms with Crippen molar-refractivity contribution >= 4 is 17.3 Å². The van der Waals surface area contributed by atoms with Gasteiger partial charge in [0.25, 0.3) is 5.91 Å². The van der Waals surface area contributed by atoms with E-state index in [2.05, 4.69) is 10.3 Å². The molecule has 0 radical (unpaired) electrons. The Morgan fingerprint density at radius 1 is 1.19 bits per heavy atom. The van der Waals surface area contributed by atoms with Gasteiger partial charge in [-0.3, -0.25) is 9.78 Å². The fourth-order valence-corrected chi connectivity index (χ4v) is 1.55. The summed E-state index contributed by atoms with van der Waals surface area (Å²) in [6, 6.07) is 4.80. The summed E-state index contributed by atoms with van der Waals surface area (Å²) in [6.07, 6.45) is -3.69. The summed E-state index contributed by atoms with van der Waals surface area (Å²) in [5.74, 6) is -1.52. The lowest BCUT2D eigenvalue weighted by atomic mass is 10.2. The number of alkyl halides is 3. The van der Waals surface area contributed by atoms with E-state index in [1.807, 2.05) is 0 Å². The van der Waals surface area contributed by atoms with Gasteiger partial charge in [0.2, 0.25) is 0 Å². The van der Waals surface area contributed by atoms with Crippen LogP contribution in [0.15, 0.2) is 36.5 Å². The molecular weight excluding hydrogens is 290 g/mol. The third-order valence-corrected chi connectivity index (χ3v) is 2.57. The molecule has 1 aromatic heterocycles. The number of benzene rings is 1. The van der Waals surface area contributed by atoms with Crippen LogP contribution in [0.4, 0.5) is 28.9 Å². The van der Waals surface area contributed by atoms with Gasteiger partial charge in [-0.15, -0.1) is 0 Å². The van der Waals surface area contributed by atoms with E-state index in [4.69, 9.17) is 5.73 Å². The van der Waals surface area contributed by atoms with E-state index >= 15 is 0 Å². The topological polar surface area (TPSA) is 68.0 Å². The van der Waals surface area contributed by atoms with Crippen LogP contribution >= 0.6 is 0 Å². The molecule has 0 atom stereocenters. The number of pyridine rings is 1. The normalized spacial score (nSPS) is 11.2. The summed E-state index contributed by atoms with van der Waals surface area (Å²) >= 11 is 0. The zero-order valence-electron chi connectivity index (χ0n) is 10.4. The van der Waals surface area contributed by atoms with Gasteiger partial charge in [-0.25, -0.2) is 4.39 Å². The van der Waals surface area contributed by atoms with Gasteiger partial charge >= 0.3 is 6.18 Å². The predicted octanol–water partition coefficient (Wildman–Crippen LogP) is 3.07. The van der Waals surface area contributed by atoms with Gasteiger partial charge in [-0.2, -0.15) is 13.2 Å². The average Bonchev–Trinajstić information content (AvgIpc) is 2.42. The maximum Gasteiger partial charge on any atom is 0.416 e. The monoisotopic (exact) mass is 299 g/mol. The lowest BCUT2D eigenvalue weighted by Crippen LogP contribution is -2.15. The largest absolute Gasteiger partial charge is 0.416 e. The van der Waals surface area contributed by atoms with Crippen molar-refractivity contribution in [2.75, 3.05) is 11.1 Å². The van der Waals surface area contributed by atoms with E-state index in [1.165, 1.54) is 6.07 Å². The van der Waals surface area contributed by atoms with Crippen molar-refractivity contribution in [1.29, 1.82) is 0 Å². The highest BCUT2D eigenvalue weighted by Crippen LogP contribution is 2.29. The Bertz CT molecular complexity index is 685. The number of rotatable bonds is 2. The molecule has 0 spiro atoms. The molecular formula is C13H9F4N3O. The van der Waals surface area contributed by atoms with Crippen LogP contribution in [0.5, 0.6) is 0 Å². The number of nitrogens with one attached hydrogen (secondary N) is 1. The molecule has 8 heteroatoms. The molecule has 0 bridgehead atoms. The van der Waals surface area contributed by atoms with E-state index in [9.17, 15) is 22.4 Å². The van der Waals surface area contributed by atoms with Gasteiger partial charge < -0.3 is 11.1 Å². The lowest BCUT2D eigenvalue weighted by molar-refractivity contribution is -0.137. The van der Waals surface area contributed by atoms with Crippen LogP contribution in [0.25, 0.3) is 0 Å². The summed E-state index contributed by atoms with van der Waals surface area (Å²) in [4.78, 5) is 15.4. The second-order valence-corrected chi connectivity index (χ2v) is 4.12. The minimum absolute atomic E-state index is 0.151. The van der Waals surface area contributed by atoms with E-state index in [-0.39, 0.29) is 11.4 Å². The summed E-state index contributed by atoms with van der Waals surface area (Å²) in [6.45, 7) is 0. The molecule has 21 heavy (non-hydrogen) atoms. The Kier molecular flexibility index (Phi) is 3.79. The number of carbonyl (C=O) groups is 1. The Labute approximate surface area is 116 Å². The predicted molar refractivity (Wildman–Crippen MR) is 68.0 cm³/mol. The highest BCUT2D eigenvalue weighted by Gasteiger charge is 2.31. The second kappa shape index (κ2) is 5.39. The minimum Gasteiger partial charge on any atom is -0.396 e. The minimum atomic E-state index is -4.57. The van der Waals surface area contributed by atoms with E-state index < -0.39 is 29.2 Å². The van der Waals surface area contributed by atoms with Crippen molar-refractivity contribution in [2.24, 2.45) is 0 Å². The molecule has 110 valence electrons. The standard InChI is InChI=1S/C13H9F4N3O/c14-9-2-1-8(6-10(9)18)20-12(21)11-5-7(3-4-19-11)13(15,16)17/h1-6H,18H2,(H,20,21). The highest BCUT2D eigenvalue weighted by molar-refractivity contribution is 6.03. The highest BCUT2D eigenvalue weighted by atomic mass is 19.4. The Morgan fingerprint density at radius 3 is 2.52 bits per heavy atom. The number of anilines is 2. The molecule has 4 nitrogen and oxygen atoms in total. The quantitative estimate of drug-likeness (QED) is 0.661. The number of aromatic nitrogens is 1. The Hall–Kier alpha value is -2.64. The van der Waals surface area contributed by atoms with Crippen LogP contribution < -0.4 is 11.1 Å². The van der Waals surface area contributed by atoms with Gasteiger partial charge in [-0.05, 0) is 30.3 Å². The molecule has 0 aliphatic carbocycles. The molecule has 0 fully saturated rings. The first-order valence-electron chi connectivity index (χ1n) is 5.67. The summed E-state index contributed by atoms with van der Waals surface area (Å²) in [5, 5.41) is 2.29. The fourth-order valence-electron chi connectivity index (χ4n) is 1.55. The zero-order valence-corrected chi connectivity index (χ0v) is 10.4. The number of hydrogen-bond acceptors (Lipinski definition) is 3. The number of nitrogen functional groups attached to an aromatic ring is 1. The summed E-state index contributed by atoms with van der Waals surface area (Å²) in [5.41, 5.74) is 3.89. The smallest absolute Gasteiger partial charge is 0.396 e. The number of nitrogens with zero attached hydrogens (tertiary/aromatic N) is 1. The number of nitrogens with two attached hydrogens (primary N) is 1. The molecule has 0 aliphatic rings. The number of halogens is 4. The molecule has 1 heterocycles. The number of amides is 1. The van der Waals surface area contributed by atoms with Crippen LogP contribution in [-0.2, 0) is 6.18 Å². The van der Waals surface area contributed by atoms with E-state index in [0.29, 0.717) is 6.07 Å². The van der Waals surface area contributed by atoms with Crippen molar-refractivity contribution in [1.82, 2.24) is 4.98 Å². The van der Waals surface area contributed by atoms with Crippen LogP contribution in [0, 0.1) is 5.82 Å². The van der Waals surface area contributed by atoms with Crippen LogP contribution in [-0.4, -0.2) is 10.9 Å². The maximum absolute atomic E-state index is 13.0. The van der Waals surface area contributed by atoms with Gasteiger partial charge in [-0.1, -0.05) is 0 Å².